The summed E-state index contributed by atoms with van der Waals surface area (Å²) in [5.74, 6) is -0.896. The largest absolute Gasteiger partial charge is 0.310 e. The van der Waals surface area contributed by atoms with E-state index in [1.807, 2.05) is 6.92 Å². The lowest BCUT2D eigenvalue weighted by molar-refractivity contribution is 0.335. The van der Waals surface area contributed by atoms with E-state index in [0.717, 1.165) is 32.2 Å². The summed E-state index contributed by atoms with van der Waals surface area (Å²) in [5.41, 5.74) is 0.408. The topological polar surface area (TPSA) is 15.3 Å². The second-order valence-corrected chi connectivity index (χ2v) is 5.32. The molecule has 0 bridgehead atoms. The van der Waals surface area contributed by atoms with E-state index in [-0.39, 0.29) is 6.04 Å². The normalized spacial score (nSPS) is 21.8. The molecular formula is C15H22F2N2. The number of benzene rings is 1. The fourth-order valence-corrected chi connectivity index (χ4v) is 2.67. The molecular weight excluding hydrogens is 246 g/mol. The molecule has 0 aromatic heterocycles. The highest BCUT2D eigenvalue weighted by atomic mass is 19.2. The summed E-state index contributed by atoms with van der Waals surface area (Å²) in [6, 6.07) is 4.19. The average molecular weight is 268 g/mol. The minimum atomic E-state index is -0.774. The van der Waals surface area contributed by atoms with Gasteiger partial charge in [-0.15, -0.1) is 0 Å². The third-order valence-electron chi connectivity index (χ3n) is 3.98. The summed E-state index contributed by atoms with van der Waals surface area (Å²) in [4.78, 5) is 2.42. The maximum absolute atomic E-state index is 13.6. The quantitative estimate of drug-likeness (QED) is 0.883. The first-order chi connectivity index (χ1) is 9.11. The first-order valence-corrected chi connectivity index (χ1v) is 7.01. The van der Waals surface area contributed by atoms with Crippen molar-refractivity contribution in [3.63, 3.8) is 0 Å². The first kappa shape index (κ1) is 14.4. The molecule has 1 fully saturated rings. The van der Waals surface area contributed by atoms with Crippen molar-refractivity contribution in [3.8, 4) is 0 Å². The minimum absolute atomic E-state index is 0.161. The molecule has 1 N–H and O–H groups in total. The van der Waals surface area contributed by atoms with Crippen LogP contribution in [0.25, 0.3) is 0 Å². The smallest absolute Gasteiger partial charge is 0.163 e. The molecule has 1 aromatic rings. The highest BCUT2D eigenvalue weighted by Crippen LogP contribution is 2.20. The van der Waals surface area contributed by atoms with Gasteiger partial charge < -0.3 is 10.2 Å². The van der Waals surface area contributed by atoms with Crippen molar-refractivity contribution in [1.29, 1.82) is 0 Å². The molecule has 0 radical (unpaired) electrons. The molecule has 1 aliphatic heterocycles. The van der Waals surface area contributed by atoms with Crippen LogP contribution in [0.3, 0.4) is 0 Å². The van der Waals surface area contributed by atoms with E-state index in [1.54, 1.807) is 12.1 Å². The van der Waals surface area contributed by atoms with E-state index in [2.05, 4.69) is 17.1 Å². The van der Waals surface area contributed by atoms with Crippen molar-refractivity contribution in [2.45, 2.75) is 26.3 Å². The number of rotatable bonds is 5. The predicted octanol–water partition coefficient (Wildman–Crippen LogP) is 2.96. The van der Waals surface area contributed by atoms with E-state index < -0.39 is 11.6 Å². The molecule has 1 aromatic carbocycles. The van der Waals surface area contributed by atoms with Gasteiger partial charge in [0.2, 0.25) is 0 Å². The molecule has 0 spiro atoms. The van der Waals surface area contributed by atoms with Crippen LogP contribution in [0.4, 0.5) is 8.78 Å². The molecule has 2 nitrogen and oxygen atoms in total. The highest BCUT2D eigenvalue weighted by Gasteiger charge is 2.22. The molecule has 1 aliphatic rings. The third-order valence-corrected chi connectivity index (χ3v) is 3.98. The Bertz CT molecular complexity index is 423. The zero-order chi connectivity index (χ0) is 13.8. The fourth-order valence-electron chi connectivity index (χ4n) is 2.67. The third kappa shape index (κ3) is 3.51. The molecule has 19 heavy (non-hydrogen) atoms. The van der Waals surface area contributed by atoms with Crippen LogP contribution in [-0.2, 0) is 0 Å². The van der Waals surface area contributed by atoms with Crippen LogP contribution in [0.15, 0.2) is 18.2 Å². The number of nitrogens with one attached hydrogen (secondary N) is 1. The molecule has 0 saturated carbocycles. The number of hydrogen-bond acceptors (Lipinski definition) is 2. The first-order valence-electron chi connectivity index (χ1n) is 7.01. The van der Waals surface area contributed by atoms with Gasteiger partial charge in [-0.05, 0) is 45.0 Å². The van der Waals surface area contributed by atoms with Crippen molar-refractivity contribution in [2.75, 3.05) is 26.2 Å². The monoisotopic (exact) mass is 268 g/mol. The Morgan fingerprint density at radius 3 is 2.89 bits per heavy atom. The average Bonchev–Trinajstić information content (AvgIpc) is 2.87. The Morgan fingerprint density at radius 2 is 2.21 bits per heavy atom. The summed E-state index contributed by atoms with van der Waals surface area (Å²) in [7, 11) is 0. The van der Waals surface area contributed by atoms with Crippen molar-refractivity contribution in [1.82, 2.24) is 10.2 Å². The molecule has 0 amide bonds. The number of nitrogens with zero attached hydrogens (tertiary/aromatic N) is 1. The minimum Gasteiger partial charge on any atom is -0.310 e. The van der Waals surface area contributed by atoms with Crippen LogP contribution in [0.2, 0.25) is 0 Å². The maximum atomic E-state index is 13.6. The molecule has 2 unspecified atom stereocenters. The van der Waals surface area contributed by atoms with Gasteiger partial charge in [-0.25, -0.2) is 8.78 Å². The van der Waals surface area contributed by atoms with Gasteiger partial charge in [-0.2, -0.15) is 0 Å². The van der Waals surface area contributed by atoms with Crippen molar-refractivity contribution in [3.05, 3.63) is 35.4 Å². The van der Waals surface area contributed by atoms with Crippen LogP contribution in [0.1, 0.15) is 31.9 Å². The molecule has 1 saturated heterocycles. The Morgan fingerprint density at radius 1 is 1.42 bits per heavy atom. The zero-order valence-corrected chi connectivity index (χ0v) is 11.6. The summed E-state index contributed by atoms with van der Waals surface area (Å²) in [5, 5.41) is 3.32. The van der Waals surface area contributed by atoms with E-state index in [1.165, 1.54) is 6.42 Å². The zero-order valence-electron chi connectivity index (χ0n) is 11.6. The van der Waals surface area contributed by atoms with Crippen LogP contribution >= 0.6 is 0 Å². The summed E-state index contributed by atoms with van der Waals surface area (Å²) in [6.45, 7) is 8.23. The molecule has 106 valence electrons. The Hall–Kier alpha value is -1.00. The van der Waals surface area contributed by atoms with E-state index >= 15 is 0 Å². The van der Waals surface area contributed by atoms with E-state index in [9.17, 15) is 8.78 Å². The van der Waals surface area contributed by atoms with Crippen molar-refractivity contribution < 1.29 is 8.78 Å². The van der Waals surface area contributed by atoms with Crippen LogP contribution in [0.5, 0.6) is 0 Å². The van der Waals surface area contributed by atoms with Crippen molar-refractivity contribution >= 4 is 0 Å². The predicted molar refractivity (Wildman–Crippen MR) is 73.0 cm³/mol. The van der Waals surface area contributed by atoms with Gasteiger partial charge in [-0.3, -0.25) is 0 Å². The van der Waals surface area contributed by atoms with Crippen LogP contribution in [0, 0.1) is 17.6 Å². The van der Waals surface area contributed by atoms with Crippen molar-refractivity contribution in [2.24, 2.45) is 5.92 Å². The van der Waals surface area contributed by atoms with Crippen LogP contribution in [-0.4, -0.2) is 31.1 Å². The maximum Gasteiger partial charge on any atom is 0.163 e. The summed E-state index contributed by atoms with van der Waals surface area (Å²) < 4.78 is 26.8. The van der Waals surface area contributed by atoms with Gasteiger partial charge in [0, 0.05) is 18.2 Å². The SMILES string of the molecule is CCN1CCC(CNC(C)c2cccc(F)c2F)C1. The number of likely N-dealkylation sites (tertiary alicyclic amines) is 1. The Kier molecular flexibility index (Phi) is 4.88. The second-order valence-electron chi connectivity index (χ2n) is 5.32. The summed E-state index contributed by atoms with van der Waals surface area (Å²) >= 11 is 0. The lowest BCUT2D eigenvalue weighted by Gasteiger charge is -2.18. The second kappa shape index (κ2) is 6.44. The fraction of sp³-hybridized carbons (Fsp3) is 0.600. The van der Waals surface area contributed by atoms with E-state index in [4.69, 9.17) is 0 Å². The standard InChI is InChI=1S/C15H22F2N2/c1-3-19-8-7-12(10-19)9-18-11(2)13-5-4-6-14(16)15(13)17/h4-6,11-12,18H,3,7-10H2,1-2H3. The Labute approximate surface area is 113 Å². The van der Waals surface area contributed by atoms with Gasteiger partial charge in [0.15, 0.2) is 11.6 Å². The molecule has 0 aliphatic carbocycles. The molecule has 1 heterocycles. The summed E-state index contributed by atoms with van der Waals surface area (Å²) in [6.07, 6.45) is 1.18. The lowest BCUT2D eigenvalue weighted by atomic mass is 10.1. The van der Waals surface area contributed by atoms with Gasteiger partial charge in [0.25, 0.3) is 0 Å². The molecule has 4 heteroatoms. The molecule has 2 rings (SSSR count). The van der Waals surface area contributed by atoms with Gasteiger partial charge in [0.05, 0.1) is 0 Å². The van der Waals surface area contributed by atoms with E-state index in [0.29, 0.717) is 11.5 Å². The van der Waals surface area contributed by atoms with Gasteiger partial charge >= 0.3 is 0 Å². The molecule has 2 atom stereocenters. The van der Waals surface area contributed by atoms with Gasteiger partial charge in [0.1, 0.15) is 0 Å². The Balaban J connectivity index is 1.88. The van der Waals surface area contributed by atoms with Gasteiger partial charge in [-0.1, -0.05) is 19.1 Å². The van der Waals surface area contributed by atoms with Crippen LogP contribution < -0.4 is 5.32 Å². The highest BCUT2D eigenvalue weighted by molar-refractivity contribution is 5.21. The number of hydrogen-bond donors (Lipinski definition) is 1. The number of halogens is 2. The lowest BCUT2D eigenvalue weighted by Crippen LogP contribution is -2.28.